The SMILES string of the molecule is C=CCOC1=C(CC=C)C(=O)OC1. The Hall–Kier alpha value is -1.51. The van der Waals surface area contributed by atoms with Crippen molar-refractivity contribution < 1.29 is 14.3 Å². The molecule has 0 N–H and O–H groups in total. The standard InChI is InChI=1S/C10H12O3/c1-3-5-8-9(12-6-4-2)7-13-10(8)11/h3-4H,1-2,5-7H2. The number of hydrogen-bond acceptors (Lipinski definition) is 3. The van der Waals surface area contributed by atoms with Crippen LogP contribution in [0.1, 0.15) is 6.42 Å². The Morgan fingerprint density at radius 1 is 1.46 bits per heavy atom. The Balaban J connectivity index is 2.69. The molecular weight excluding hydrogens is 168 g/mol. The molecule has 0 saturated carbocycles. The third kappa shape index (κ3) is 2.21. The third-order valence-corrected chi connectivity index (χ3v) is 1.64. The first-order chi connectivity index (χ1) is 6.29. The normalized spacial score (nSPS) is 15.5. The molecule has 3 nitrogen and oxygen atoms in total. The van der Waals surface area contributed by atoms with Gasteiger partial charge in [-0.1, -0.05) is 18.7 Å². The van der Waals surface area contributed by atoms with Crippen LogP contribution < -0.4 is 0 Å². The maximum atomic E-state index is 11.1. The molecular formula is C10H12O3. The van der Waals surface area contributed by atoms with Crippen molar-refractivity contribution in [3.63, 3.8) is 0 Å². The molecule has 0 aromatic heterocycles. The number of cyclic esters (lactones) is 1. The van der Waals surface area contributed by atoms with E-state index in [9.17, 15) is 4.79 Å². The molecule has 0 aromatic rings. The molecule has 0 aliphatic carbocycles. The zero-order valence-electron chi connectivity index (χ0n) is 7.41. The summed E-state index contributed by atoms with van der Waals surface area (Å²) in [6, 6.07) is 0. The highest BCUT2D eigenvalue weighted by Gasteiger charge is 2.24. The average Bonchev–Trinajstić information content (AvgIpc) is 2.46. The fourth-order valence-corrected chi connectivity index (χ4v) is 1.05. The van der Waals surface area contributed by atoms with Crippen LogP contribution in [0.15, 0.2) is 36.6 Å². The Bertz CT molecular complexity index is 263. The van der Waals surface area contributed by atoms with Crippen LogP contribution in [0.4, 0.5) is 0 Å². The Morgan fingerprint density at radius 2 is 2.23 bits per heavy atom. The molecule has 70 valence electrons. The average molecular weight is 180 g/mol. The fourth-order valence-electron chi connectivity index (χ4n) is 1.05. The summed E-state index contributed by atoms with van der Waals surface area (Å²) in [7, 11) is 0. The van der Waals surface area contributed by atoms with E-state index in [0.717, 1.165) is 0 Å². The largest absolute Gasteiger partial charge is 0.490 e. The molecule has 0 fully saturated rings. The second-order valence-electron chi connectivity index (χ2n) is 2.57. The molecule has 0 unspecified atom stereocenters. The Kier molecular flexibility index (Phi) is 3.31. The van der Waals surface area contributed by atoms with Gasteiger partial charge in [-0.15, -0.1) is 6.58 Å². The molecule has 0 atom stereocenters. The molecule has 3 heteroatoms. The van der Waals surface area contributed by atoms with E-state index in [2.05, 4.69) is 13.2 Å². The van der Waals surface area contributed by atoms with Gasteiger partial charge in [-0.05, 0) is 0 Å². The minimum absolute atomic E-state index is 0.232. The van der Waals surface area contributed by atoms with Crippen molar-refractivity contribution in [2.45, 2.75) is 6.42 Å². The molecule has 0 saturated heterocycles. The highest BCUT2D eigenvalue weighted by Crippen LogP contribution is 2.20. The van der Waals surface area contributed by atoms with Gasteiger partial charge in [0.2, 0.25) is 0 Å². The molecule has 0 aromatic carbocycles. The summed E-state index contributed by atoms with van der Waals surface area (Å²) in [5.41, 5.74) is 0.567. The van der Waals surface area contributed by atoms with Crippen LogP contribution in [-0.2, 0) is 14.3 Å². The highest BCUT2D eigenvalue weighted by atomic mass is 16.6. The lowest BCUT2D eigenvalue weighted by Gasteiger charge is -2.02. The second kappa shape index (κ2) is 4.50. The zero-order valence-corrected chi connectivity index (χ0v) is 7.41. The summed E-state index contributed by atoms with van der Waals surface area (Å²) in [6.07, 6.45) is 3.77. The summed E-state index contributed by atoms with van der Waals surface area (Å²) in [5.74, 6) is 0.295. The van der Waals surface area contributed by atoms with Crippen molar-refractivity contribution >= 4 is 5.97 Å². The molecule has 1 rings (SSSR count). The highest BCUT2D eigenvalue weighted by molar-refractivity contribution is 5.91. The van der Waals surface area contributed by atoms with Gasteiger partial charge in [0.15, 0.2) is 0 Å². The van der Waals surface area contributed by atoms with E-state index < -0.39 is 0 Å². The van der Waals surface area contributed by atoms with E-state index in [1.54, 1.807) is 12.2 Å². The first-order valence-electron chi connectivity index (χ1n) is 4.03. The zero-order chi connectivity index (χ0) is 9.68. The van der Waals surface area contributed by atoms with Crippen molar-refractivity contribution in [2.75, 3.05) is 13.2 Å². The van der Waals surface area contributed by atoms with Gasteiger partial charge in [0.25, 0.3) is 0 Å². The van der Waals surface area contributed by atoms with Gasteiger partial charge in [-0.3, -0.25) is 0 Å². The van der Waals surface area contributed by atoms with Gasteiger partial charge in [-0.25, -0.2) is 4.79 Å². The number of carbonyl (C=O) groups excluding carboxylic acids is 1. The van der Waals surface area contributed by atoms with Crippen LogP contribution in [-0.4, -0.2) is 19.2 Å². The Morgan fingerprint density at radius 3 is 2.85 bits per heavy atom. The minimum atomic E-state index is -0.307. The van der Waals surface area contributed by atoms with Gasteiger partial charge in [-0.2, -0.15) is 0 Å². The lowest BCUT2D eigenvalue weighted by Crippen LogP contribution is -1.98. The number of carbonyl (C=O) groups is 1. The lowest BCUT2D eigenvalue weighted by atomic mass is 10.2. The summed E-state index contributed by atoms with van der Waals surface area (Å²) in [6.45, 7) is 7.70. The van der Waals surface area contributed by atoms with E-state index >= 15 is 0 Å². The number of rotatable bonds is 5. The van der Waals surface area contributed by atoms with Crippen LogP contribution in [0.5, 0.6) is 0 Å². The van der Waals surface area contributed by atoms with E-state index in [1.165, 1.54) is 0 Å². The number of esters is 1. The molecule has 0 spiro atoms. The van der Waals surface area contributed by atoms with Gasteiger partial charge in [0.1, 0.15) is 19.0 Å². The quantitative estimate of drug-likeness (QED) is 0.476. The van der Waals surface area contributed by atoms with Crippen LogP contribution >= 0.6 is 0 Å². The van der Waals surface area contributed by atoms with Crippen molar-refractivity contribution in [1.29, 1.82) is 0 Å². The summed E-state index contributed by atoms with van der Waals surface area (Å²) in [5, 5.41) is 0. The third-order valence-electron chi connectivity index (χ3n) is 1.64. The second-order valence-corrected chi connectivity index (χ2v) is 2.57. The fraction of sp³-hybridized carbons (Fsp3) is 0.300. The Labute approximate surface area is 77.3 Å². The van der Waals surface area contributed by atoms with Crippen LogP contribution in [0.2, 0.25) is 0 Å². The number of hydrogen-bond donors (Lipinski definition) is 0. The van der Waals surface area contributed by atoms with Crippen LogP contribution in [0.25, 0.3) is 0 Å². The van der Waals surface area contributed by atoms with Crippen LogP contribution in [0, 0.1) is 0 Å². The van der Waals surface area contributed by atoms with E-state index in [-0.39, 0.29) is 12.6 Å². The van der Waals surface area contributed by atoms with Crippen molar-refractivity contribution in [3.8, 4) is 0 Å². The predicted molar refractivity (Wildman–Crippen MR) is 48.9 cm³/mol. The molecule has 0 radical (unpaired) electrons. The monoisotopic (exact) mass is 180 g/mol. The van der Waals surface area contributed by atoms with Gasteiger partial charge >= 0.3 is 5.97 Å². The lowest BCUT2D eigenvalue weighted by molar-refractivity contribution is -0.136. The van der Waals surface area contributed by atoms with Crippen molar-refractivity contribution in [2.24, 2.45) is 0 Å². The molecule has 1 aliphatic rings. The maximum absolute atomic E-state index is 11.1. The predicted octanol–water partition coefficient (Wildman–Crippen LogP) is 1.58. The molecule has 0 amide bonds. The van der Waals surface area contributed by atoms with Crippen LogP contribution in [0.3, 0.4) is 0 Å². The summed E-state index contributed by atoms with van der Waals surface area (Å²) < 4.78 is 10.1. The minimum Gasteiger partial charge on any atom is -0.490 e. The molecule has 13 heavy (non-hydrogen) atoms. The van der Waals surface area contributed by atoms with Crippen molar-refractivity contribution in [1.82, 2.24) is 0 Å². The molecule has 1 aliphatic heterocycles. The summed E-state index contributed by atoms with van der Waals surface area (Å²) >= 11 is 0. The number of ether oxygens (including phenoxy) is 2. The van der Waals surface area contributed by atoms with E-state index in [0.29, 0.717) is 24.4 Å². The van der Waals surface area contributed by atoms with Gasteiger partial charge in [0.05, 0.1) is 5.57 Å². The van der Waals surface area contributed by atoms with Crippen molar-refractivity contribution in [3.05, 3.63) is 36.6 Å². The maximum Gasteiger partial charge on any atom is 0.338 e. The van der Waals surface area contributed by atoms with E-state index in [1.807, 2.05) is 0 Å². The smallest absolute Gasteiger partial charge is 0.338 e. The molecule has 1 heterocycles. The topological polar surface area (TPSA) is 35.5 Å². The molecule has 0 bridgehead atoms. The van der Waals surface area contributed by atoms with Gasteiger partial charge in [0, 0.05) is 6.42 Å². The first-order valence-corrected chi connectivity index (χ1v) is 4.03. The van der Waals surface area contributed by atoms with Gasteiger partial charge < -0.3 is 9.47 Å². The first kappa shape index (κ1) is 9.58. The summed E-state index contributed by atoms with van der Waals surface area (Å²) in [4.78, 5) is 11.1. The number of allylic oxidation sites excluding steroid dienone is 1. The van der Waals surface area contributed by atoms with E-state index in [4.69, 9.17) is 9.47 Å².